The fraction of sp³-hybridized carbons (Fsp3) is 0.0556. The van der Waals surface area contributed by atoms with Gasteiger partial charge in [0.2, 0.25) is 5.91 Å². The van der Waals surface area contributed by atoms with E-state index in [0.717, 1.165) is 5.56 Å². The molecule has 0 saturated heterocycles. The minimum absolute atomic E-state index is 0.000936. The third kappa shape index (κ3) is 5.74. The van der Waals surface area contributed by atoms with Gasteiger partial charge in [0.15, 0.2) is 5.11 Å². The fourth-order valence-electron chi connectivity index (χ4n) is 1.97. The smallest absolute Gasteiger partial charge is 0.273 e. The number of para-hydroxylation sites is 2. The second-order valence-corrected chi connectivity index (χ2v) is 5.48. The van der Waals surface area contributed by atoms with E-state index in [-0.39, 0.29) is 22.5 Å². The van der Waals surface area contributed by atoms with Gasteiger partial charge < -0.3 is 15.7 Å². The van der Waals surface area contributed by atoms with E-state index in [1.807, 2.05) is 18.2 Å². The van der Waals surface area contributed by atoms with Crippen LogP contribution < -0.4 is 16.0 Å². The maximum atomic E-state index is 12.4. The summed E-state index contributed by atoms with van der Waals surface area (Å²) in [6.45, 7) is 1.31. The summed E-state index contributed by atoms with van der Waals surface area (Å²) in [5, 5.41) is 17.4. The van der Waals surface area contributed by atoms with Crippen molar-refractivity contribution < 1.29 is 14.7 Å². The van der Waals surface area contributed by atoms with Gasteiger partial charge in [0.25, 0.3) is 5.91 Å². The number of hydrogen-bond acceptors (Lipinski definition) is 4. The zero-order chi connectivity index (χ0) is 18.2. The molecule has 7 heteroatoms. The van der Waals surface area contributed by atoms with Crippen LogP contribution in [-0.4, -0.2) is 22.0 Å². The lowest BCUT2D eigenvalue weighted by atomic mass is 10.2. The number of aromatic hydroxyl groups is 1. The van der Waals surface area contributed by atoms with Crippen molar-refractivity contribution >= 4 is 40.9 Å². The molecule has 0 bridgehead atoms. The van der Waals surface area contributed by atoms with Crippen molar-refractivity contribution in [1.29, 1.82) is 0 Å². The Morgan fingerprint density at radius 1 is 1.00 bits per heavy atom. The van der Waals surface area contributed by atoms with Crippen molar-refractivity contribution in [2.24, 2.45) is 0 Å². The molecule has 0 fully saturated rings. The average molecular weight is 355 g/mol. The van der Waals surface area contributed by atoms with E-state index < -0.39 is 5.91 Å². The highest BCUT2D eigenvalue weighted by molar-refractivity contribution is 7.80. The average Bonchev–Trinajstić information content (AvgIpc) is 2.57. The largest absolute Gasteiger partial charge is 0.506 e. The highest BCUT2D eigenvalue weighted by Crippen LogP contribution is 2.21. The fourth-order valence-corrected chi connectivity index (χ4v) is 2.17. The highest BCUT2D eigenvalue weighted by Gasteiger charge is 2.13. The van der Waals surface area contributed by atoms with Crippen LogP contribution in [-0.2, 0) is 9.59 Å². The van der Waals surface area contributed by atoms with Crippen LogP contribution in [0.3, 0.4) is 0 Å². The van der Waals surface area contributed by atoms with Crippen LogP contribution >= 0.6 is 12.2 Å². The number of carbonyl (C=O) groups excluding carboxylic acids is 2. The van der Waals surface area contributed by atoms with E-state index >= 15 is 0 Å². The van der Waals surface area contributed by atoms with Gasteiger partial charge in [0.05, 0.1) is 5.69 Å². The topological polar surface area (TPSA) is 90.5 Å². The molecule has 0 aliphatic rings. The summed E-state index contributed by atoms with van der Waals surface area (Å²) >= 11 is 5.08. The Labute approximate surface area is 150 Å². The molecule has 0 aromatic heterocycles. The second kappa shape index (κ2) is 8.60. The lowest BCUT2D eigenvalue weighted by Gasteiger charge is -2.12. The Morgan fingerprint density at radius 3 is 2.28 bits per heavy atom. The molecule has 0 aliphatic heterocycles. The number of nitrogens with one attached hydrogen (secondary N) is 3. The number of benzene rings is 2. The number of amides is 2. The Bertz CT molecular complexity index is 819. The van der Waals surface area contributed by atoms with Gasteiger partial charge >= 0.3 is 0 Å². The zero-order valence-corrected chi connectivity index (χ0v) is 14.3. The molecule has 0 saturated carbocycles. The standard InChI is InChI=1S/C18H17N3O3S/c1-12(22)19-15(11-13-7-3-2-4-8-13)17(24)21-18(25)20-14-9-5-6-10-16(14)23/h2-11,23H,1H3,(H,19,22)(H2,20,21,24,25). The minimum Gasteiger partial charge on any atom is -0.506 e. The van der Waals surface area contributed by atoms with Gasteiger partial charge in [-0.15, -0.1) is 0 Å². The summed E-state index contributed by atoms with van der Waals surface area (Å²) in [7, 11) is 0. The van der Waals surface area contributed by atoms with Crippen molar-refractivity contribution in [3.63, 3.8) is 0 Å². The Balaban J connectivity index is 2.11. The number of anilines is 1. The van der Waals surface area contributed by atoms with Crippen LogP contribution in [0.5, 0.6) is 5.75 Å². The molecular weight excluding hydrogens is 338 g/mol. The van der Waals surface area contributed by atoms with Crippen molar-refractivity contribution in [2.75, 3.05) is 5.32 Å². The molecule has 4 N–H and O–H groups in total. The molecule has 0 aliphatic carbocycles. The summed E-state index contributed by atoms with van der Waals surface area (Å²) in [5.74, 6) is -0.954. The Morgan fingerprint density at radius 2 is 1.64 bits per heavy atom. The van der Waals surface area contributed by atoms with Crippen LogP contribution in [0.2, 0.25) is 0 Å². The van der Waals surface area contributed by atoms with Gasteiger partial charge in [-0.05, 0) is 36.0 Å². The molecule has 2 aromatic carbocycles. The van der Waals surface area contributed by atoms with Crippen molar-refractivity contribution in [2.45, 2.75) is 6.92 Å². The molecule has 0 radical (unpaired) electrons. The van der Waals surface area contributed by atoms with Gasteiger partial charge in [-0.2, -0.15) is 0 Å². The van der Waals surface area contributed by atoms with Crippen molar-refractivity contribution in [1.82, 2.24) is 10.6 Å². The lowest BCUT2D eigenvalue weighted by molar-refractivity contribution is -0.121. The molecule has 0 spiro atoms. The predicted molar refractivity (Wildman–Crippen MR) is 101 cm³/mol. The van der Waals surface area contributed by atoms with Gasteiger partial charge in [-0.25, -0.2) is 0 Å². The van der Waals surface area contributed by atoms with E-state index in [0.29, 0.717) is 5.69 Å². The zero-order valence-electron chi connectivity index (χ0n) is 13.4. The van der Waals surface area contributed by atoms with Gasteiger partial charge in [-0.1, -0.05) is 42.5 Å². The SMILES string of the molecule is CC(=O)NC(=Cc1ccccc1)C(=O)NC(=S)Nc1ccccc1O. The summed E-state index contributed by atoms with van der Waals surface area (Å²) in [6, 6.07) is 15.6. The first-order valence-corrected chi connectivity index (χ1v) is 7.81. The summed E-state index contributed by atoms with van der Waals surface area (Å²) in [5.41, 5.74) is 1.17. The van der Waals surface area contributed by atoms with E-state index in [2.05, 4.69) is 16.0 Å². The van der Waals surface area contributed by atoms with E-state index in [4.69, 9.17) is 12.2 Å². The minimum atomic E-state index is -0.577. The molecular formula is C18H17N3O3S. The molecule has 128 valence electrons. The molecule has 2 aromatic rings. The third-order valence-corrected chi connectivity index (χ3v) is 3.25. The third-order valence-electron chi connectivity index (χ3n) is 3.05. The maximum Gasteiger partial charge on any atom is 0.273 e. The Kier molecular flexibility index (Phi) is 6.25. The van der Waals surface area contributed by atoms with Crippen molar-refractivity contribution in [3.05, 3.63) is 65.9 Å². The van der Waals surface area contributed by atoms with Crippen LogP contribution in [0, 0.1) is 0 Å². The number of rotatable bonds is 4. The first-order valence-electron chi connectivity index (χ1n) is 7.40. The molecule has 0 heterocycles. The quantitative estimate of drug-likeness (QED) is 0.384. The van der Waals surface area contributed by atoms with Gasteiger partial charge in [0, 0.05) is 6.92 Å². The predicted octanol–water partition coefficient (Wildman–Crippen LogP) is 2.38. The summed E-state index contributed by atoms with van der Waals surface area (Å²) < 4.78 is 0. The van der Waals surface area contributed by atoms with Crippen LogP contribution in [0.15, 0.2) is 60.3 Å². The van der Waals surface area contributed by atoms with Gasteiger partial charge in [-0.3, -0.25) is 14.9 Å². The second-order valence-electron chi connectivity index (χ2n) is 5.08. The van der Waals surface area contributed by atoms with Crippen molar-refractivity contribution in [3.8, 4) is 5.75 Å². The number of thiocarbonyl (C=S) groups is 1. The molecule has 25 heavy (non-hydrogen) atoms. The molecule has 2 amide bonds. The maximum absolute atomic E-state index is 12.4. The number of hydrogen-bond donors (Lipinski definition) is 4. The van der Waals surface area contributed by atoms with Gasteiger partial charge in [0.1, 0.15) is 11.4 Å². The first-order chi connectivity index (χ1) is 12.0. The monoisotopic (exact) mass is 355 g/mol. The highest BCUT2D eigenvalue weighted by atomic mass is 32.1. The van der Waals surface area contributed by atoms with Crippen LogP contribution in [0.1, 0.15) is 12.5 Å². The number of carbonyl (C=O) groups is 2. The van der Waals surface area contributed by atoms with Crippen LogP contribution in [0.4, 0.5) is 5.69 Å². The van der Waals surface area contributed by atoms with E-state index in [9.17, 15) is 14.7 Å². The number of phenols is 1. The summed E-state index contributed by atoms with van der Waals surface area (Å²) in [6.07, 6.45) is 1.54. The van der Waals surface area contributed by atoms with E-state index in [1.54, 1.807) is 36.4 Å². The molecule has 2 rings (SSSR count). The normalized spacial score (nSPS) is 10.7. The molecule has 0 unspecified atom stereocenters. The molecule has 0 atom stereocenters. The Hall–Kier alpha value is -3.19. The summed E-state index contributed by atoms with van der Waals surface area (Å²) in [4.78, 5) is 23.7. The molecule has 6 nitrogen and oxygen atoms in total. The number of phenolic OH excluding ortho intramolecular Hbond substituents is 1. The first kappa shape index (κ1) is 18.2. The van der Waals surface area contributed by atoms with Crippen LogP contribution in [0.25, 0.3) is 6.08 Å². The van der Waals surface area contributed by atoms with E-state index in [1.165, 1.54) is 13.0 Å². The lowest BCUT2D eigenvalue weighted by Crippen LogP contribution is -2.39.